The molecule has 2 atom stereocenters. The van der Waals surface area contributed by atoms with Crippen LogP contribution in [0, 0.1) is 0 Å². The predicted molar refractivity (Wildman–Crippen MR) is 444 cm³/mol. The summed E-state index contributed by atoms with van der Waals surface area (Å²) in [6, 6.07) is 0. The summed E-state index contributed by atoms with van der Waals surface area (Å²) in [6.07, 6.45) is 130. The molecule has 0 aliphatic carbocycles. The van der Waals surface area contributed by atoms with Gasteiger partial charge in [-0.05, 0) is 173 Å². The van der Waals surface area contributed by atoms with Crippen LogP contribution in [0.5, 0.6) is 0 Å². The second-order valence-electron chi connectivity index (χ2n) is 26.3. The molecule has 10 heteroatoms. The van der Waals surface area contributed by atoms with E-state index in [0.717, 1.165) is 173 Å². The third kappa shape index (κ3) is 82.5. The number of nitrogens with zero attached hydrogens (tertiary/aromatic N) is 1. The van der Waals surface area contributed by atoms with Crippen molar-refractivity contribution >= 4 is 19.8 Å². The summed E-state index contributed by atoms with van der Waals surface area (Å²) in [5.74, 6) is -0.870. The van der Waals surface area contributed by atoms with Crippen molar-refractivity contribution in [1.82, 2.24) is 0 Å². The molecule has 2 unspecified atom stereocenters. The number of phosphoric acid groups is 1. The Morgan fingerprint density at radius 1 is 0.304 bits per heavy atom. The van der Waals surface area contributed by atoms with Gasteiger partial charge in [0.2, 0.25) is 0 Å². The van der Waals surface area contributed by atoms with E-state index in [2.05, 4.69) is 269 Å². The zero-order valence-corrected chi connectivity index (χ0v) is 65.6. The van der Waals surface area contributed by atoms with Crippen molar-refractivity contribution in [3.8, 4) is 0 Å². The highest BCUT2D eigenvalue weighted by atomic mass is 31.2. The number of quaternary nitrogens is 1. The Morgan fingerprint density at radius 3 is 0.804 bits per heavy atom. The average molecular weight is 1420 g/mol. The maximum absolute atomic E-state index is 12.9. The highest BCUT2D eigenvalue weighted by molar-refractivity contribution is 7.47. The van der Waals surface area contributed by atoms with Crippen molar-refractivity contribution < 1.29 is 42.1 Å². The zero-order valence-electron chi connectivity index (χ0n) is 64.7. The normalized spacial score (nSPS) is 14.5. The largest absolute Gasteiger partial charge is 0.472 e. The monoisotopic (exact) mass is 1420 g/mol. The lowest BCUT2D eigenvalue weighted by Gasteiger charge is -2.24. The van der Waals surface area contributed by atoms with Crippen molar-refractivity contribution in [2.24, 2.45) is 0 Å². The van der Waals surface area contributed by atoms with Crippen LogP contribution in [0.1, 0.15) is 258 Å². The molecule has 0 radical (unpaired) electrons. The van der Waals surface area contributed by atoms with Crippen molar-refractivity contribution in [3.63, 3.8) is 0 Å². The second kappa shape index (κ2) is 78.7. The maximum Gasteiger partial charge on any atom is 0.472 e. The van der Waals surface area contributed by atoms with E-state index in [1.54, 1.807) is 0 Å². The van der Waals surface area contributed by atoms with E-state index in [0.29, 0.717) is 23.9 Å². The van der Waals surface area contributed by atoms with Gasteiger partial charge >= 0.3 is 19.8 Å². The number of allylic oxidation sites excluding steroid dienone is 42. The van der Waals surface area contributed by atoms with E-state index >= 15 is 0 Å². The standard InChI is InChI=1S/C92H142NO8P/c1-6-8-10-12-14-16-18-20-22-24-26-28-30-32-34-36-38-40-42-44-46-48-50-52-54-56-58-60-62-64-66-68-70-72-74-76-78-80-82-84-91(94)98-88-90(89-100-102(96,97)99-87-86-93(3,4)5)101-92(95)85-83-81-79-77-75-73-71-69-67-65-63-61-59-57-55-53-51-49-47-45-43-41-39-37-35-33-31-29-27-25-23-21-19-17-15-13-11-9-7-2/h8-11,14-17,20-23,26-29,32-35,38-41,44-47,50-53,56-59,63,65,69,71,75,77,90H,6-7,12-13,18-19,24-25,30-31,36-37,42-43,48-49,54-55,60-62,64,66-68,70,72-74,76,78-89H2,1-5H3/p+1/b10-8-,11-9-,16-14-,17-15-,22-20-,23-21-,28-26-,29-27-,34-32-,35-33-,40-38-,41-39-,46-44-,47-45-,52-50-,53-51-,58-56-,59-57-,65-63-,71-69-,77-75-. The number of carbonyl (C=O) groups excluding carboxylic acids is 2. The van der Waals surface area contributed by atoms with Gasteiger partial charge in [0, 0.05) is 12.8 Å². The second-order valence-corrected chi connectivity index (χ2v) is 27.7. The number of phosphoric ester groups is 1. The van der Waals surface area contributed by atoms with Gasteiger partial charge in [0.1, 0.15) is 19.8 Å². The molecular formula is C92H143NO8P+. The third-order valence-corrected chi connectivity index (χ3v) is 16.5. The lowest BCUT2D eigenvalue weighted by molar-refractivity contribution is -0.870. The maximum atomic E-state index is 12.9. The van der Waals surface area contributed by atoms with Crippen LogP contribution in [0.3, 0.4) is 0 Å². The fourth-order valence-electron chi connectivity index (χ4n) is 9.64. The first-order valence-corrected chi connectivity index (χ1v) is 40.9. The highest BCUT2D eigenvalue weighted by Gasteiger charge is 2.27. The molecule has 0 aromatic heterocycles. The molecule has 0 spiro atoms. The van der Waals surface area contributed by atoms with Crippen LogP contribution in [0.4, 0.5) is 0 Å². The van der Waals surface area contributed by atoms with Crippen molar-refractivity contribution in [2.75, 3.05) is 47.5 Å². The van der Waals surface area contributed by atoms with E-state index in [1.165, 1.54) is 44.9 Å². The molecule has 0 aliphatic heterocycles. The Bertz CT molecular complexity index is 2680. The molecule has 102 heavy (non-hydrogen) atoms. The fraction of sp³-hybridized carbons (Fsp3) is 0.522. The molecule has 0 rings (SSSR count). The first-order chi connectivity index (χ1) is 50.0. The van der Waals surface area contributed by atoms with Gasteiger partial charge in [-0.3, -0.25) is 18.6 Å². The van der Waals surface area contributed by atoms with Gasteiger partial charge in [-0.1, -0.05) is 327 Å². The number of hydrogen-bond donors (Lipinski definition) is 1. The van der Waals surface area contributed by atoms with Crippen LogP contribution in [0.2, 0.25) is 0 Å². The number of hydrogen-bond acceptors (Lipinski definition) is 7. The molecule has 0 aromatic rings. The topological polar surface area (TPSA) is 108 Å². The van der Waals surface area contributed by atoms with E-state index in [-0.39, 0.29) is 26.1 Å². The third-order valence-electron chi connectivity index (χ3n) is 15.6. The molecule has 0 saturated carbocycles. The first-order valence-electron chi connectivity index (χ1n) is 39.4. The molecule has 0 amide bonds. The quantitative estimate of drug-likeness (QED) is 0.0211. The van der Waals surface area contributed by atoms with Gasteiger partial charge in [0.05, 0.1) is 27.7 Å². The van der Waals surface area contributed by atoms with Crippen LogP contribution in [-0.4, -0.2) is 74.9 Å². The minimum absolute atomic E-state index is 0.00893. The molecule has 0 bridgehead atoms. The highest BCUT2D eigenvalue weighted by Crippen LogP contribution is 2.43. The van der Waals surface area contributed by atoms with Gasteiger partial charge in [-0.25, -0.2) is 4.57 Å². The molecule has 0 fully saturated rings. The fourth-order valence-corrected chi connectivity index (χ4v) is 10.4. The minimum atomic E-state index is -4.43. The van der Waals surface area contributed by atoms with E-state index in [1.807, 2.05) is 21.1 Å². The summed E-state index contributed by atoms with van der Waals surface area (Å²) in [5, 5.41) is 0. The summed E-state index contributed by atoms with van der Waals surface area (Å²) < 4.78 is 34.7. The van der Waals surface area contributed by atoms with E-state index < -0.39 is 32.5 Å². The molecule has 0 aliphatic rings. The average Bonchev–Trinajstić information content (AvgIpc) is 0.914. The van der Waals surface area contributed by atoms with E-state index in [9.17, 15) is 19.0 Å². The number of likely N-dealkylation sites (N-methyl/N-ethyl adjacent to an activating group) is 1. The van der Waals surface area contributed by atoms with Gasteiger partial charge in [0.25, 0.3) is 0 Å². The number of carbonyl (C=O) groups is 2. The molecule has 1 N–H and O–H groups in total. The van der Waals surface area contributed by atoms with Crippen LogP contribution >= 0.6 is 7.82 Å². The van der Waals surface area contributed by atoms with E-state index in [4.69, 9.17) is 18.5 Å². The predicted octanol–water partition coefficient (Wildman–Crippen LogP) is 26.8. The molecule has 0 heterocycles. The van der Waals surface area contributed by atoms with Crippen molar-refractivity contribution in [1.29, 1.82) is 0 Å². The molecular weight excluding hydrogens is 1280 g/mol. The van der Waals surface area contributed by atoms with Crippen LogP contribution in [0.25, 0.3) is 0 Å². The summed E-state index contributed by atoms with van der Waals surface area (Å²) in [6.45, 7) is 4.12. The Balaban J connectivity index is 4.19. The summed E-state index contributed by atoms with van der Waals surface area (Å²) in [4.78, 5) is 36.0. The van der Waals surface area contributed by atoms with Crippen molar-refractivity contribution in [3.05, 3.63) is 255 Å². The number of ether oxygens (including phenoxy) is 2. The van der Waals surface area contributed by atoms with Gasteiger partial charge in [0.15, 0.2) is 6.10 Å². The Kier molecular flexibility index (Phi) is 73.7. The Hall–Kier alpha value is -6.45. The van der Waals surface area contributed by atoms with Crippen molar-refractivity contribution in [2.45, 2.75) is 264 Å². The van der Waals surface area contributed by atoms with Crippen LogP contribution in [0.15, 0.2) is 255 Å². The zero-order chi connectivity index (χ0) is 74.0. The molecule has 9 nitrogen and oxygen atoms in total. The number of esters is 2. The molecule has 0 aromatic carbocycles. The number of rotatable bonds is 69. The van der Waals surface area contributed by atoms with Crippen LogP contribution in [-0.2, 0) is 32.7 Å². The minimum Gasteiger partial charge on any atom is -0.462 e. The SMILES string of the molecule is CC/C=C\C/C=C\C/C=C\C/C=C\C/C=C\C/C=C\C/C=C\C/C=C\C/C=C\C/C=C\C/C=C\C/C=C\CCCCC(=O)OC(COC(=O)CCCCCCCCCCCCC/C=C\C/C=C\C/C=C\C/C=C\C/C=C\C/C=C\C/C=C\C/C=C\C/C=C\CC)COP(=O)(O)OCC[N+](C)(C)C. The first kappa shape index (κ1) is 95.5. The summed E-state index contributed by atoms with van der Waals surface area (Å²) >= 11 is 0. The van der Waals surface area contributed by atoms with Gasteiger partial charge in [-0.2, -0.15) is 0 Å². The molecule has 568 valence electrons. The van der Waals surface area contributed by atoms with Gasteiger partial charge in [-0.15, -0.1) is 0 Å². The lowest BCUT2D eigenvalue weighted by Crippen LogP contribution is -2.37. The Labute approximate surface area is 625 Å². The number of unbranched alkanes of at least 4 members (excludes halogenated alkanes) is 13. The van der Waals surface area contributed by atoms with Gasteiger partial charge < -0.3 is 18.9 Å². The summed E-state index contributed by atoms with van der Waals surface area (Å²) in [7, 11) is 1.41. The van der Waals surface area contributed by atoms with Crippen LogP contribution < -0.4 is 0 Å². The summed E-state index contributed by atoms with van der Waals surface area (Å²) in [5.41, 5.74) is 0. The molecule has 0 saturated heterocycles. The Morgan fingerprint density at radius 2 is 0.529 bits per heavy atom. The lowest BCUT2D eigenvalue weighted by atomic mass is 10.0. The smallest absolute Gasteiger partial charge is 0.462 e.